The first-order chi connectivity index (χ1) is 47.3. The summed E-state index contributed by atoms with van der Waals surface area (Å²) in [4.78, 5) is 46.0. The molecule has 0 spiro atoms. The first-order valence-electron chi connectivity index (χ1n) is 34.5. The summed E-state index contributed by atoms with van der Waals surface area (Å²) in [5.74, 6) is 0. The number of nitrogens with zero attached hydrogens (tertiary/aromatic N) is 2. The zero-order valence-corrected chi connectivity index (χ0v) is 63.0. The third-order valence-electron chi connectivity index (χ3n) is 18.2. The lowest BCUT2D eigenvalue weighted by Gasteiger charge is -2.05. The first kappa shape index (κ1) is 65.5. The zero-order chi connectivity index (χ0) is 64.9. The maximum absolute atomic E-state index is 5.66. The summed E-state index contributed by atoms with van der Waals surface area (Å²) in [6.07, 6.45) is 30.5. The monoisotopic (exact) mass is 1440 g/mol. The number of H-pyrrole nitrogens is 2. The molecule has 2 N–H and O–H groups in total. The summed E-state index contributed by atoms with van der Waals surface area (Å²) < 4.78 is 0. The van der Waals surface area contributed by atoms with E-state index < -0.39 is 0 Å². The third kappa shape index (κ3) is 14.4. The lowest BCUT2D eigenvalue weighted by molar-refractivity contribution is 0.670. The summed E-state index contributed by atoms with van der Waals surface area (Å²) in [6.45, 7) is 9.16. The minimum absolute atomic E-state index is 0.925. The van der Waals surface area contributed by atoms with Crippen molar-refractivity contribution in [3.8, 4) is 98.9 Å². The van der Waals surface area contributed by atoms with Crippen molar-refractivity contribution in [2.45, 2.75) is 143 Å². The summed E-state index contributed by atoms with van der Waals surface area (Å²) in [5.41, 5.74) is 13.2. The molecule has 96 heavy (non-hydrogen) atoms. The fraction of sp³-hybridized carbons (Fsp3) is 0.268. The minimum atomic E-state index is 0.925. The normalized spacial score (nSPS) is 12.2. The second-order valence-electron chi connectivity index (χ2n) is 25.1. The fourth-order valence-electron chi connectivity index (χ4n) is 13.0. The van der Waals surface area contributed by atoms with Gasteiger partial charge in [-0.3, -0.25) is 0 Å². The van der Waals surface area contributed by atoms with E-state index in [4.69, 9.17) is 9.97 Å². The van der Waals surface area contributed by atoms with Crippen LogP contribution < -0.4 is 0 Å². The highest BCUT2D eigenvalue weighted by Gasteiger charge is 2.22. The van der Waals surface area contributed by atoms with E-state index in [-0.39, 0.29) is 0 Å². The molecule has 14 heteroatoms. The molecule has 0 aliphatic carbocycles. The van der Waals surface area contributed by atoms with Gasteiger partial charge in [-0.25, -0.2) is 9.97 Å². The van der Waals surface area contributed by atoms with Gasteiger partial charge in [-0.2, -0.15) is 0 Å². The highest BCUT2D eigenvalue weighted by molar-refractivity contribution is 7.31. The van der Waals surface area contributed by atoms with Crippen molar-refractivity contribution in [3.05, 3.63) is 189 Å². The summed E-state index contributed by atoms with van der Waals surface area (Å²) in [5, 5.41) is 0. The van der Waals surface area contributed by atoms with Crippen LogP contribution in [0.4, 0.5) is 0 Å². The van der Waals surface area contributed by atoms with Crippen molar-refractivity contribution in [2.75, 3.05) is 0 Å². The first-order valence-corrected chi connectivity index (χ1v) is 42.6. The number of aryl methyl sites for hydroxylation is 4. The van der Waals surface area contributed by atoms with Gasteiger partial charge in [-0.1, -0.05) is 91.9 Å². The Morgan fingerprint density at radius 3 is 0.781 bits per heavy atom. The van der Waals surface area contributed by atoms with Gasteiger partial charge in [-0.05, 0) is 221 Å². The molecule has 0 amide bonds. The molecule has 0 fully saturated rings. The van der Waals surface area contributed by atoms with Crippen molar-refractivity contribution in [1.82, 2.24) is 19.9 Å². The Morgan fingerprint density at radius 1 is 0.229 bits per heavy atom. The van der Waals surface area contributed by atoms with Crippen LogP contribution >= 0.6 is 113 Å². The number of hydrogen-bond donors (Lipinski definition) is 2. The predicted octanol–water partition coefficient (Wildman–Crippen LogP) is 29.7. The van der Waals surface area contributed by atoms with Crippen LogP contribution in [0.15, 0.2) is 146 Å². The third-order valence-corrected chi connectivity index (χ3v) is 30.8. The number of thiophene rings is 10. The standard InChI is InChI=1S/C82H78N4S10/c1-5-9-13-17-19-51-23-33-63(87-51)65-35-37-67(89-65)69-39-41-71(91-69)73-43-45-75(93-73)77-47-49-79(95-77)81-59-29-25-55(83-59)53(21-15-11-7-3)57-27-31-61(85-57)82(62-32-28-58(86-62)54(22-16-12-8-4)56-26-30-60(81)84-56)80-50-48-78(96-80)76-46-44-74(94-76)72-42-40-70(92-72)68-38-36-66(90-68)64-34-24-52(88-64)20-18-14-10-6-2/h23-50,83,86H,5-22H2,1-4H3. The van der Waals surface area contributed by atoms with Crippen molar-refractivity contribution in [2.24, 2.45) is 0 Å². The van der Waals surface area contributed by atoms with Gasteiger partial charge in [0.2, 0.25) is 0 Å². The predicted molar refractivity (Wildman–Crippen MR) is 434 cm³/mol. The van der Waals surface area contributed by atoms with Gasteiger partial charge < -0.3 is 9.97 Å². The van der Waals surface area contributed by atoms with E-state index in [0.29, 0.717) is 0 Å². The van der Waals surface area contributed by atoms with E-state index in [1.807, 2.05) is 113 Å². The molecule has 0 saturated carbocycles. The van der Waals surface area contributed by atoms with Crippen LogP contribution in [-0.4, -0.2) is 19.9 Å². The Bertz CT molecular complexity index is 4750. The maximum atomic E-state index is 5.66. The highest BCUT2D eigenvalue weighted by Crippen LogP contribution is 2.50. The molecule has 0 saturated heterocycles. The largest absolute Gasteiger partial charge is 0.355 e. The molecule has 2 aliphatic heterocycles. The number of nitrogens with one attached hydrogen (secondary N) is 2. The van der Waals surface area contributed by atoms with Crippen molar-refractivity contribution in [1.29, 1.82) is 0 Å². The Labute approximate surface area is 605 Å². The molecular weight excluding hydrogens is 1360 g/mol. The number of fused-ring (bicyclic) bond motifs is 8. The minimum Gasteiger partial charge on any atom is -0.355 e. The van der Waals surface area contributed by atoms with Gasteiger partial charge >= 0.3 is 0 Å². The molecular formula is C82H78N4S10. The number of aromatic amines is 2. The maximum Gasteiger partial charge on any atom is 0.0745 e. The van der Waals surface area contributed by atoms with Crippen LogP contribution in [0.25, 0.3) is 145 Å². The molecule has 15 heterocycles. The van der Waals surface area contributed by atoms with E-state index in [0.717, 1.165) is 107 Å². The van der Waals surface area contributed by atoms with Gasteiger partial charge in [0.05, 0.1) is 22.8 Å². The molecule has 486 valence electrons. The average Bonchev–Trinajstić information content (AvgIpc) is 1.63. The van der Waals surface area contributed by atoms with E-state index in [1.165, 1.54) is 173 Å². The van der Waals surface area contributed by atoms with Crippen molar-refractivity contribution in [3.63, 3.8) is 0 Å². The second-order valence-corrected chi connectivity index (χ2v) is 36.1. The molecule has 0 unspecified atom stereocenters. The van der Waals surface area contributed by atoms with Gasteiger partial charge in [0, 0.05) is 142 Å². The number of rotatable bonds is 28. The highest BCUT2D eigenvalue weighted by atomic mass is 32.1. The quantitative estimate of drug-likeness (QED) is 0.0480. The summed E-state index contributed by atoms with van der Waals surface area (Å²) in [6, 6.07) is 55.7. The van der Waals surface area contributed by atoms with Crippen LogP contribution in [0.3, 0.4) is 0 Å². The van der Waals surface area contributed by atoms with Gasteiger partial charge in [0.15, 0.2) is 0 Å². The lowest BCUT2D eigenvalue weighted by Crippen LogP contribution is -1.93. The Balaban J connectivity index is 0.741. The summed E-state index contributed by atoms with van der Waals surface area (Å²) >= 11 is 19.1. The Kier molecular flexibility index (Phi) is 20.7. The zero-order valence-electron chi connectivity index (χ0n) is 54.9. The molecule has 13 aromatic rings. The summed E-state index contributed by atoms with van der Waals surface area (Å²) in [7, 11) is 0. The topological polar surface area (TPSA) is 57.4 Å². The average molecular weight is 1440 g/mol. The van der Waals surface area contributed by atoms with Crippen LogP contribution in [0.1, 0.15) is 161 Å². The fourth-order valence-corrected chi connectivity index (χ4v) is 24.0. The smallest absolute Gasteiger partial charge is 0.0745 e. The van der Waals surface area contributed by atoms with Crippen LogP contribution in [0, 0.1) is 0 Å². The van der Waals surface area contributed by atoms with Crippen LogP contribution in [0.2, 0.25) is 0 Å². The van der Waals surface area contributed by atoms with E-state index in [2.05, 4.69) is 208 Å². The SMILES string of the molecule is CCCCCCc1ccc(-c2ccc(-c3ccc(-c4ccc(-c5ccc(-c6c7nc(c(CCCCC)c8ccc([nH]8)c(-c8ccc(-c9ccc(-c%10ccc(-c%11ccc(-c%12ccc(CCCCCC)s%12)s%11)s%10)s9)s8)c8nc(c(CCCCC)c9ccc6[nH]9)C=C8)C=C7)s5)s4)s3)s2)s1. The number of unbranched alkanes of at least 4 members (excludes halogenated alkanes) is 10. The van der Waals surface area contributed by atoms with E-state index in [9.17, 15) is 0 Å². The van der Waals surface area contributed by atoms with Gasteiger partial charge in [0.25, 0.3) is 0 Å². The Hall–Kier alpha value is -6.40. The van der Waals surface area contributed by atoms with Crippen LogP contribution in [-0.2, 0) is 25.7 Å². The number of hydrogen-bond acceptors (Lipinski definition) is 12. The molecule has 0 radical (unpaired) electrons. The molecule has 15 rings (SSSR count). The van der Waals surface area contributed by atoms with Gasteiger partial charge in [0.1, 0.15) is 0 Å². The molecule has 4 nitrogen and oxygen atoms in total. The van der Waals surface area contributed by atoms with Crippen molar-refractivity contribution >= 4 is 160 Å². The van der Waals surface area contributed by atoms with Crippen LogP contribution in [0.5, 0.6) is 0 Å². The molecule has 0 atom stereocenters. The van der Waals surface area contributed by atoms with Crippen molar-refractivity contribution < 1.29 is 0 Å². The molecule has 8 bridgehead atoms. The second kappa shape index (κ2) is 30.4. The molecule has 2 aliphatic rings. The van der Waals surface area contributed by atoms with E-state index >= 15 is 0 Å². The molecule has 0 aromatic carbocycles. The lowest BCUT2D eigenvalue weighted by atomic mass is 10.1. The van der Waals surface area contributed by atoms with E-state index in [1.54, 1.807) is 0 Å². The number of aromatic nitrogens is 4. The van der Waals surface area contributed by atoms with Gasteiger partial charge in [-0.15, -0.1) is 113 Å². The Morgan fingerprint density at radius 2 is 0.469 bits per heavy atom. The molecule has 13 aromatic heterocycles.